The average Bonchev–Trinajstić information content (AvgIpc) is 3.18. The Hall–Kier alpha value is -2.15. The minimum atomic E-state index is -0.551. The molecule has 0 unspecified atom stereocenters. The van der Waals surface area contributed by atoms with Crippen LogP contribution in [0.5, 0.6) is 0 Å². The zero-order chi connectivity index (χ0) is 16.2. The SMILES string of the molecule is O=C(NC[C@@H]1CCCO1)N[C@H]1CCN(c2ccc(F)cc2)C1=O. The molecule has 2 saturated heterocycles. The number of hydrogen-bond acceptors (Lipinski definition) is 3. The van der Waals surface area contributed by atoms with E-state index in [0.717, 1.165) is 19.4 Å². The highest BCUT2D eigenvalue weighted by atomic mass is 19.1. The fourth-order valence-electron chi connectivity index (χ4n) is 2.91. The first-order valence-electron chi connectivity index (χ1n) is 7.86. The van der Waals surface area contributed by atoms with E-state index in [-0.39, 0.29) is 23.9 Å². The van der Waals surface area contributed by atoms with Gasteiger partial charge in [0, 0.05) is 25.4 Å². The number of nitrogens with zero attached hydrogens (tertiary/aromatic N) is 1. The molecule has 1 aromatic rings. The highest BCUT2D eigenvalue weighted by Crippen LogP contribution is 2.21. The van der Waals surface area contributed by atoms with Crippen LogP contribution in [0.2, 0.25) is 0 Å². The lowest BCUT2D eigenvalue weighted by Gasteiger charge is -2.18. The fourth-order valence-corrected chi connectivity index (χ4v) is 2.91. The molecule has 124 valence electrons. The smallest absolute Gasteiger partial charge is 0.315 e. The van der Waals surface area contributed by atoms with Gasteiger partial charge in [0.25, 0.3) is 0 Å². The van der Waals surface area contributed by atoms with Gasteiger partial charge < -0.3 is 20.3 Å². The van der Waals surface area contributed by atoms with Crippen LogP contribution in [0.3, 0.4) is 0 Å². The van der Waals surface area contributed by atoms with E-state index in [2.05, 4.69) is 10.6 Å². The Morgan fingerprint density at radius 3 is 2.78 bits per heavy atom. The lowest BCUT2D eigenvalue weighted by atomic mass is 10.2. The Morgan fingerprint density at radius 2 is 2.09 bits per heavy atom. The minimum Gasteiger partial charge on any atom is -0.376 e. The maximum Gasteiger partial charge on any atom is 0.315 e. The van der Waals surface area contributed by atoms with Crippen molar-refractivity contribution in [2.45, 2.75) is 31.4 Å². The summed E-state index contributed by atoms with van der Waals surface area (Å²) in [6.07, 6.45) is 2.56. The van der Waals surface area contributed by atoms with E-state index in [9.17, 15) is 14.0 Å². The van der Waals surface area contributed by atoms with Crippen LogP contribution in [0.1, 0.15) is 19.3 Å². The Kier molecular flexibility index (Phi) is 4.76. The van der Waals surface area contributed by atoms with Crippen LogP contribution in [-0.4, -0.2) is 43.8 Å². The highest BCUT2D eigenvalue weighted by molar-refractivity contribution is 6.01. The molecule has 2 aliphatic rings. The second kappa shape index (κ2) is 6.95. The van der Waals surface area contributed by atoms with Gasteiger partial charge in [-0.1, -0.05) is 0 Å². The van der Waals surface area contributed by atoms with E-state index in [1.165, 1.54) is 12.1 Å². The second-order valence-corrected chi connectivity index (χ2v) is 5.80. The monoisotopic (exact) mass is 321 g/mol. The number of anilines is 1. The Bertz CT molecular complexity index is 572. The van der Waals surface area contributed by atoms with E-state index in [1.807, 2.05) is 0 Å². The predicted octanol–water partition coefficient (Wildman–Crippen LogP) is 1.41. The van der Waals surface area contributed by atoms with E-state index < -0.39 is 6.04 Å². The van der Waals surface area contributed by atoms with E-state index in [1.54, 1.807) is 17.0 Å². The molecule has 3 amide bonds. The number of nitrogens with one attached hydrogen (secondary N) is 2. The Labute approximate surface area is 134 Å². The van der Waals surface area contributed by atoms with Gasteiger partial charge in [-0.25, -0.2) is 9.18 Å². The molecule has 3 rings (SSSR count). The summed E-state index contributed by atoms with van der Waals surface area (Å²) in [5.41, 5.74) is 0.639. The van der Waals surface area contributed by atoms with Gasteiger partial charge in [0.2, 0.25) is 5.91 Å². The molecule has 0 spiro atoms. The van der Waals surface area contributed by atoms with Gasteiger partial charge >= 0.3 is 6.03 Å². The van der Waals surface area contributed by atoms with Crippen molar-refractivity contribution in [3.05, 3.63) is 30.1 Å². The van der Waals surface area contributed by atoms with Crippen molar-refractivity contribution >= 4 is 17.6 Å². The van der Waals surface area contributed by atoms with Crippen LogP contribution in [0, 0.1) is 5.82 Å². The number of ether oxygens (including phenoxy) is 1. The molecule has 1 aromatic carbocycles. The van der Waals surface area contributed by atoms with Crippen LogP contribution >= 0.6 is 0 Å². The molecule has 6 nitrogen and oxygen atoms in total. The topological polar surface area (TPSA) is 70.7 Å². The summed E-state index contributed by atoms with van der Waals surface area (Å²) in [7, 11) is 0. The molecule has 0 aromatic heterocycles. The summed E-state index contributed by atoms with van der Waals surface area (Å²) in [5, 5.41) is 5.43. The number of carbonyl (C=O) groups is 2. The molecule has 2 aliphatic heterocycles. The van der Waals surface area contributed by atoms with Crippen LogP contribution in [0.4, 0.5) is 14.9 Å². The van der Waals surface area contributed by atoms with E-state index in [4.69, 9.17) is 4.74 Å². The maximum atomic E-state index is 13.0. The summed E-state index contributed by atoms with van der Waals surface area (Å²) in [6.45, 7) is 1.69. The zero-order valence-corrected chi connectivity index (χ0v) is 12.8. The summed E-state index contributed by atoms with van der Waals surface area (Å²) >= 11 is 0. The van der Waals surface area contributed by atoms with Gasteiger partial charge in [0.15, 0.2) is 0 Å². The Balaban J connectivity index is 1.50. The number of amides is 3. The molecule has 7 heteroatoms. The number of urea groups is 1. The molecule has 2 fully saturated rings. The van der Waals surface area contributed by atoms with Gasteiger partial charge in [-0.15, -0.1) is 0 Å². The second-order valence-electron chi connectivity index (χ2n) is 5.80. The first-order chi connectivity index (χ1) is 11.1. The lowest BCUT2D eigenvalue weighted by Crippen LogP contribution is -2.47. The summed E-state index contributed by atoms with van der Waals surface area (Å²) in [5.74, 6) is -0.521. The van der Waals surface area contributed by atoms with Crippen molar-refractivity contribution in [2.24, 2.45) is 0 Å². The van der Waals surface area contributed by atoms with Crippen LogP contribution < -0.4 is 15.5 Å². The summed E-state index contributed by atoms with van der Waals surface area (Å²) in [6, 6.07) is 4.85. The standard InChI is InChI=1S/C16H20FN3O3/c17-11-3-5-12(6-4-11)20-8-7-14(15(20)21)19-16(22)18-10-13-2-1-9-23-13/h3-6,13-14H,1-2,7-10H2,(H2,18,19,22)/t13-,14-/m0/s1. The van der Waals surface area contributed by atoms with Crippen molar-refractivity contribution in [3.8, 4) is 0 Å². The highest BCUT2D eigenvalue weighted by Gasteiger charge is 2.33. The normalized spacial score (nSPS) is 24.0. The Morgan fingerprint density at radius 1 is 1.30 bits per heavy atom. The molecule has 2 N–H and O–H groups in total. The molecular formula is C16H20FN3O3. The quantitative estimate of drug-likeness (QED) is 0.881. The van der Waals surface area contributed by atoms with Crippen molar-refractivity contribution in [3.63, 3.8) is 0 Å². The van der Waals surface area contributed by atoms with Gasteiger partial charge in [-0.3, -0.25) is 4.79 Å². The molecule has 0 radical (unpaired) electrons. The first kappa shape index (κ1) is 15.7. The number of carbonyl (C=O) groups excluding carboxylic acids is 2. The minimum absolute atomic E-state index is 0.0655. The van der Waals surface area contributed by atoms with Crippen molar-refractivity contribution in [1.82, 2.24) is 10.6 Å². The predicted molar refractivity (Wildman–Crippen MR) is 82.7 cm³/mol. The molecule has 2 heterocycles. The van der Waals surface area contributed by atoms with Crippen LogP contribution in [-0.2, 0) is 9.53 Å². The van der Waals surface area contributed by atoms with Gasteiger partial charge in [-0.05, 0) is 43.5 Å². The van der Waals surface area contributed by atoms with E-state index >= 15 is 0 Å². The first-order valence-corrected chi connectivity index (χ1v) is 7.86. The third kappa shape index (κ3) is 3.79. The molecule has 23 heavy (non-hydrogen) atoms. The van der Waals surface area contributed by atoms with Crippen molar-refractivity contribution in [2.75, 3.05) is 24.6 Å². The van der Waals surface area contributed by atoms with Gasteiger partial charge in [-0.2, -0.15) is 0 Å². The van der Waals surface area contributed by atoms with Gasteiger partial charge in [0.1, 0.15) is 11.9 Å². The molecule has 0 saturated carbocycles. The molecule has 2 atom stereocenters. The van der Waals surface area contributed by atoms with Crippen LogP contribution in [0.25, 0.3) is 0 Å². The molecule has 0 bridgehead atoms. The number of benzene rings is 1. The van der Waals surface area contributed by atoms with E-state index in [0.29, 0.717) is 25.2 Å². The van der Waals surface area contributed by atoms with Gasteiger partial charge in [0.05, 0.1) is 6.10 Å². The number of rotatable bonds is 4. The number of hydrogen-bond donors (Lipinski definition) is 2. The third-order valence-corrected chi connectivity index (χ3v) is 4.16. The lowest BCUT2D eigenvalue weighted by molar-refractivity contribution is -0.118. The van der Waals surface area contributed by atoms with Crippen LogP contribution in [0.15, 0.2) is 24.3 Å². The third-order valence-electron chi connectivity index (χ3n) is 4.16. The maximum absolute atomic E-state index is 13.0. The largest absolute Gasteiger partial charge is 0.376 e. The fraction of sp³-hybridized carbons (Fsp3) is 0.500. The average molecular weight is 321 g/mol. The zero-order valence-electron chi connectivity index (χ0n) is 12.8. The summed E-state index contributed by atoms with van der Waals surface area (Å²) in [4.78, 5) is 25.8. The van der Waals surface area contributed by atoms with Crippen molar-refractivity contribution < 1.29 is 18.7 Å². The molecular weight excluding hydrogens is 301 g/mol. The summed E-state index contributed by atoms with van der Waals surface area (Å²) < 4.78 is 18.4. The number of halogens is 1. The van der Waals surface area contributed by atoms with Crippen molar-refractivity contribution in [1.29, 1.82) is 0 Å². The molecule has 0 aliphatic carbocycles.